The number of aliphatic carboxylic acids is 1. The van der Waals surface area contributed by atoms with Gasteiger partial charge in [-0.1, -0.05) is 30.3 Å². The molecule has 1 aromatic carbocycles. The minimum absolute atomic E-state index is 0. The molecule has 10 nitrogen and oxygen atoms in total. The first-order valence-electron chi connectivity index (χ1n) is 11.4. The summed E-state index contributed by atoms with van der Waals surface area (Å²) in [6.07, 6.45) is 0. The first kappa shape index (κ1) is 29.0. The van der Waals surface area contributed by atoms with Crippen LogP contribution in [0.15, 0.2) is 35.3 Å². The van der Waals surface area contributed by atoms with Gasteiger partial charge in [-0.2, -0.15) is 0 Å². The average molecular weight is 535 g/mol. The second kappa shape index (κ2) is 10.6. The van der Waals surface area contributed by atoms with Crippen molar-refractivity contribution in [2.24, 2.45) is 4.99 Å². The molecule has 0 spiro atoms. The fraction of sp³-hybridized carbons (Fsp3) is 0.400. The molecular formula is C25H27N4NaO6S. The largest absolute Gasteiger partial charge is 1.00 e. The number of aromatic nitrogens is 1. The molecule has 1 aromatic heterocycles. The zero-order valence-corrected chi connectivity index (χ0v) is 24.3. The molecule has 3 heterocycles. The van der Waals surface area contributed by atoms with E-state index >= 15 is 0 Å². The van der Waals surface area contributed by atoms with Crippen molar-refractivity contribution in [3.8, 4) is 0 Å². The summed E-state index contributed by atoms with van der Waals surface area (Å²) >= 11 is 1.29. The second-order valence-electron chi connectivity index (χ2n) is 9.51. The zero-order chi connectivity index (χ0) is 26.5. The summed E-state index contributed by atoms with van der Waals surface area (Å²) < 4.78 is -0.746. The maximum atomic E-state index is 13.3. The molecular weight excluding hydrogens is 507 g/mol. The summed E-state index contributed by atoms with van der Waals surface area (Å²) in [4.78, 5) is 58.0. The van der Waals surface area contributed by atoms with E-state index in [-0.39, 0.29) is 41.0 Å². The minimum Gasteiger partial charge on any atom is -0.860 e. The summed E-state index contributed by atoms with van der Waals surface area (Å²) in [5.41, 5.74) is 2.07. The van der Waals surface area contributed by atoms with E-state index in [9.17, 15) is 29.4 Å². The Morgan fingerprint density at radius 3 is 2.38 bits per heavy atom. The third kappa shape index (κ3) is 5.09. The van der Waals surface area contributed by atoms with Crippen LogP contribution in [0.5, 0.6) is 0 Å². The van der Waals surface area contributed by atoms with E-state index in [0.717, 1.165) is 0 Å². The van der Waals surface area contributed by atoms with Crippen LogP contribution in [0.3, 0.4) is 0 Å². The van der Waals surface area contributed by atoms with Crippen molar-refractivity contribution in [2.45, 2.75) is 62.9 Å². The molecule has 2 amide bonds. The molecule has 2 saturated heterocycles. The number of carbonyl (C=O) groups is 4. The van der Waals surface area contributed by atoms with E-state index < -0.39 is 51.9 Å². The van der Waals surface area contributed by atoms with Crippen LogP contribution in [-0.2, 0) is 9.59 Å². The molecule has 4 atom stereocenters. The average Bonchev–Trinajstić information content (AvgIpc) is 3.25. The van der Waals surface area contributed by atoms with Crippen LogP contribution < -0.4 is 40.0 Å². The van der Waals surface area contributed by atoms with E-state index in [0.29, 0.717) is 22.4 Å². The number of aromatic amines is 1. The molecule has 4 rings (SSSR count). The monoisotopic (exact) mass is 534 g/mol. The van der Waals surface area contributed by atoms with E-state index in [4.69, 9.17) is 0 Å². The van der Waals surface area contributed by atoms with Gasteiger partial charge in [0.1, 0.15) is 17.1 Å². The van der Waals surface area contributed by atoms with Gasteiger partial charge in [0.25, 0.3) is 11.8 Å². The maximum absolute atomic E-state index is 13.3. The quantitative estimate of drug-likeness (QED) is 0.130. The topological polar surface area (TPSA) is 155 Å². The van der Waals surface area contributed by atoms with Gasteiger partial charge in [-0.05, 0) is 51.6 Å². The fourth-order valence-electron chi connectivity index (χ4n) is 4.96. The Morgan fingerprint density at radius 2 is 1.84 bits per heavy atom. The number of amides is 2. The number of H-pyrrole nitrogens is 1. The van der Waals surface area contributed by atoms with Gasteiger partial charge >= 0.3 is 35.5 Å². The third-order valence-corrected chi connectivity index (χ3v) is 8.14. The molecule has 37 heavy (non-hydrogen) atoms. The number of aryl methyl sites for hydroxylation is 1. The molecule has 2 aliphatic rings. The number of β-lactam (4-membered cyclic amide) rings is 1. The molecule has 0 bridgehead atoms. The number of carboxylic acids is 1. The molecule has 190 valence electrons. The molecule has 2 aromatic rings. The Morgan fingerprint density at radius 1 is 1.22 bits per heavy atom. The van der Waals surface area contributed by atoms with Gasteiger partial charge in [-0.3, -0.25) is 19.4 Å². The van der Waals surface area contributed by atoms with Gasteiger partial charge in [0, 0.05) is 16.0 Å². The predicted octanol–water partition coefficient (Wildman–Crippen LogP) is -1.42. The summed E-state index contributed by atoms with van der Waals surface area (Å²) in [5, 5.41) is 25.1. The van der Waals surface area contributed by atoms with Crippen LogP contribution in [0.1, 0.15) is 64.5 Å². The Hall–Kier alpha value is -2.60. The normalized spacial score (nSPS) is 22.9. The van der Waals surface area contributed by atoms with Gasteiger partial charge in [0.2, 0.25) is 0 Å². The molecule has 2 aliphatic heterocycles. The Bertz CT molecular complexity index is 1290. The number of nitrogens with one attached hydrogen (secondary N) is 2. The minimum atomic E-state index is -1.18. The molecule has 0 saturated carbocycles. The number of aliphatic imine (C=N–C) groups is 1. The first-order chi connectivity index (χ1) is 16.8. The van der Waals surface area contributed by atoms with Crippen molar-refractivity contribution in [3.63, 3.8) is 0 Å². The van der Waals surface area contributed by atoms with Gasteiger partial charge in [0.05, 0.1) is 6.04 Å². The van der Waals surface area contributed by atoms with Gasteiger partial charge < -0.3 is 25.4 Å². The van der Waals surface area contributed by atoms with Crippen molar-refractivity contribution in [3.05, 3.63) is 58.4 Å². The smallest absolute Gasteiger partial charge is 0.860 e. The van der Waals surface area contributed by atoms with Crippen molar-refractivity contribution >= 4 is 41.2 Å². The van der Waals surface area contributed by atoms with Crippen LogP contribution >= 0.6 is 11.8 Å². The fourth-order valence-corrected chi connectivity index (χ4v) is 6.58. The standard InChI is InChI=1S/C25H28N4O6S.Na/c1-11-15(13(3)30)12(2)26-16(11)20(31)27-17(14-9-7-6-8-10-14)21(32)28-18-22(33)29-19(24(34)35)25(4,5)36-23(18)29;/h6-10,17-19,23,26H,1-5H3,(H,27,31)(H,28,32)(H,34,35);/q;+1/p-1/t17?,18-,19+,23-;/m1./s1. The number of hydrogen-bond donors (Lipinski definition) is 3. The summed E-state index contributed by atoms with van der Waals surface area (Å²) in [6.45, 7) is 8.23. The van der Waals surface area contributed by atoms with Crippen molar-refractivity contribution in [1.82, 2.24) is 15.2 Å². The van der Waals surface area contributed by atoms with E-state index in [1.54, 1.807) is 58.0 Å². The Labute approximate surface area is 240 Å². The summed E-state index contributed by atoms with van der Waals surface area (Å²) in [5.74, 6) is -3.14. The Kier molecular flexibility index (Phi) is 8.33. The van der Waals surface area contributed by atoms with Gasteiger partial charge in [-0.25, -0.2) is 4.79 Å². The van der Waals surface area contributed by atoms with Crippen LogP contribution in [-0.4, -0.2) is 66.7 Å². The van der Waals surface area contributed by atoms with Crippen LogP contribution in [0.25, 0.3) is 0 Å². The summed E-state index contributed by atoms with van der Waals surface area (Å²) in [6, 6.07) is 5.28. The Balaban J connectivity index is 0.00000380. The zero-order valence-electron chi connectivity index (χ0n) is 21.5. The van der Waals surface area contributed by atoms with Gasteiger partial charge in [-0.15, -0.1) is 11.8 Å². The number of fused-ring (bicyclic) bond motifs is 1. The molecule has 2 fully saturated rings. The van der Waals surface area contributed by atoms with Crippen LogP contribution in [0, 0.1) is 13.8 Å². The SMILES string of the molecule is CC(=O)c1c(C)[nH]c(C(=O)NC(C([O-])=N[C@@H]2C(=O)N3[C@@H]2SC(C)(C)[C@@H]3C(=O)O)c2ccccc2)c1C.[Na+]. The number of thioether (sulfide) groups is 1. The molecule has 0 aliphatic carbocycles. The summed E-state index contributed by atoms with van der Waals surface area (Å²) in [7, 11) is 0. The molecule has 0 radical (unpaired) electrons. The second-order valence-corrected chi connectivity index (χ2v) is 11.3. The predicted molar refractivity (Wildman–Crippen MR) is 132 cm³/mol. The van der Waals surface area contributed by atoms with E-state index in [1.165, 1.54) is 23.6 Å². The van der Waals surface area contributed by atoms with Crippen LogP contribution in [0.2, 0.25) is 0 Å². The third-order valence-electron chi connectivity index (χ3n) is 6.59. The number of nitrogens with zero attached hydrogens (tertiary/aromatic N) is 2. The van der Waals surface area contributed by atoms with Gasteiger partial charge in [0.15, 0.2) is 11.8 Å². The number of benzene rings is 1. The maximum Gasteiger partial charge on any atom is 1.00 e. The molecule has 1 unspecified atom stereocenters. The van der Waals surface area contributed by atoms with Crippen molar-refractivity contribution in [1.29, 1.82) is 0 Å². The molecule has 12 heteroatoms. The number of hydrogen-bond acceptors (Lipinski definition) is 7. The number of rotatable bonds is 7. The van der Waals surface area contributed by atoms with Crippen molar-refractivity contribution in [2.75, 3.05) is 0 Å². The number of carboxylic acid groups (broad SMARTS) is 1. The number of carbonyl (C=O) groups excluding carboxylic acids is 3. The van der Waals surface area contributed by atoms with Crippen LogP contribution in [0.4, 0.5) is 0 Å². The van der Waals surface area contributed by atoms with Crippen molar-refractivity contribution < 1.29 is 58.9 Å². The molecule has 3 N–H and O–H groups in total. The van der Waals surface area contributed by atoms with E-state index in [1.807, 2.05) is 0 Å². The first-order valence-corrected chi connectivity index (χ1v) is 12.3. The number of ketones is 1. The number of Topliss-reactive ketones (excluding diaryl/α,β-unsaturated/α-hetero) is 1. The van der Waals surface area contributed by atoms with E-state index in [2.05, 4.69) is 15.3 Å².